The summed E-state index contributed by atoms with van der Waals surface area (Å²) in [7, 11) is -1.76. The summed E-state index contributed by atoms with van der Waals surface area (Å²) in [5.41, 5.74) is 6.74. The molecule has 0 saturated carbocycles. The molecule has 0 aliphatic heterocycles. The Labute approximate surface area is 155 Å². The van der Waals surface area contributed by atoms with Gasteiger partial charge in [-0.05, 0) is 36.8 Å². The number of benzene rings is 2. The number of nitrogens with two attached hydrogens (primary N) is 1. The van der Waals surface area contributed by atoms with Crippen LogP contribution in [-0.2, 0) is 15.6 Å². The lowest BCUT2D eigenvalue weighted by Crippen LogP contribution is -2.39. The van der Waals surface area contributed by atoms with Crippen LogP contribution in [-0.4, -0.2) is 38.9 Å². The first-order valence-electron chi connectivity index (χ1n) is 7.69. The van der Waals surface area contributed by atoms with Crippen molar-refractivity contribution in [3.05, 3.63) is 65.7 Å². The number of rotatable bonds is 6. The van der Waals surface area contributed by atoms with Gasteiger partial charge in [0.05, 0.1) is 10.6 Å². The van der Waals surface area contributed by atoms with Gasteiger partial charge in [-0.3, -0.25) is 4.79 Å². The van der Waals surface area contributed by atoms with E-state index in [1.807, 2.05) is 13.0 Å². The topological polar surface area (TPSA) is 80.5 Å². The lowest BCUT2D eigenvalue weighted by molar-refractivity contribution is 0.0748. The number of carbonyl (C=O) groups is 1. The molecule has 2 N–H and O–H groups in total. The molecule has 0 radical (unpaired) electrons. The van der Waals surface area contributed by atoms with Gasteiger partial charge >= 0.3 is 0 Å². The van der Waals surface area contributed by atoms with E-state index in [9.17, 15) is 13.2 Å². The van der Waals surface area contributed by atoms with Crippen LogP contribution in [0.3, 0.4) is 0 Å². The number of carbonyl (C=O) groups excluding carboxylic acids is 1. The van der Waals surface area contributed by atoms with Crippen LogP contribution in [0.25, 0.3) is 0 Å². The number of nitrogens with zero attached hydrogens (tertiary/aromatic N) is 1. The zero-order chi connectivity index (χ0) is 17.7. The van der Waals surface area contributed by atoms with E-state index in [1.54, 1.807) is 48.3 Å². The molecule has 0 aliphatic carbocycles. The second kappa shape index (κ2) is 8.99. The van der Waals surface area contributed by atoms with Crippen LogP contribution >= 0.6 is 12.4 Å². The Morgan fingerprint density at radius 1 is 1.08 bits per heavy atom. The molecule has 1 atom stereocenters. The number of likely N-dealkylation sites (N-methyl/N-ethyl adjacent to an activating group) is 1. The van der Waals surface area contributed by atoms with Crippen LogP contribution in [0.2, 0.25) is 0 Å². The lowest BCUT2D eigenvalue weighted by Gasteiger charge is -2.23. The van der Waals surface area contributed by atoms with Gasteiger partial charge < -0.3 is 10.6 Å². The number of hydrogen-bond donors (Lipinski definition) is 1. The highest BCUT2D eigenvalue weighted by Gasteiger charge is 2.19. The van der Waals surface area contributed by atoms with Crippen molar-refractivity contribution in [1.82, 2.24) is 4.90 Å². The first-order valence-corrected chi connectivity index (χ1v) is 9.34. The first kappa shape index (κ1) is 21.2. The van der Waals surface area contributed by atoms with Crippen molar-refractivity contribution in [2.75, 3.05) is 13.6 Å². The molecular weight excluding hydrogens is 360 g/mol. The molecule has 2 aromatic rings. The maximum atomic E-state index is 12.5. The fraction of sp³-hybridized carbons (Fsp3) is 0.278. The summed E-state index contributed by atoms with van der Waals surface area (Å²) in [6.45, 7) is 2.22. The largest absolute Gasteiger partial charge is 0.338 e. The normalized spacial score (nSPS) is 12.1. The summed E-state index contributed by atoms with van der Waals surface area (Å²) in [4.78, 5) is 14.1. The molecule has 25 heavy (non-hydrogen) atoms. The summed E-state index contributed by atoms with van der Waals surface area (Å²) in [5.74, 6) is -0.245. The highest BCUT2D eigenvalue weighted by Crippen LogP contribution is 2.18. The highest BCUT2D eigenvalue weighted by atomic mass is 35.5. The van der Waals surface area contributed by atoms with E-state index in [-0.39, 0.29) is 35.0 Å². The molecule has 0 bridgehead atoms. The minimum atomic E-state index is -3.44. The van der Waals surface area contributed by atoms with E-state index in [2.05, 4.69) is 0 Å². The van der Waals surface area contributed by atoms with Crippen molar-refractivity contribution in [1.29, 1.82) is 0 Å². The fourth-order valence-corrected chi connectivity index (χ4v) is 3.59. The van der Waals surface area contributed by atoms with Crippen LogP contribution < -0.4 is 5.73 Å². The molecule has 1 amide bonds. The van der Waals surface area contributed by atoms with E-state index in [4.69, 9.17) is 5.73 Å². The first-order chi connectivity index (χ1) is 11.3. The SMILES string of the molecule is CC(CN)N(C)C(=O)c1ccc(S(=O)(=O)Cc2ccccc2)cc1.Cl. The van der Waals surface area contributed by atoms with Gasteiger partial charge in [-0.1, -0.05) is 30.3 Å². The van der Waals surface area contributed by atoms with Gasteiger partial charge in [0.1, 0.15) is 0 Å². The summed E-state index contributed by atoms with van der Waals surface area (Å²) >= 11 is 0. The molecule has 0 fully saturated rings. The Morgan fingerprint density at radius 3 is 2.16 bits per heavy atom. The maximum Gasteiger partial charge on any atom is 0.253 e. The third-order valence-corrected chi connectivity index (χ3v) is 5.69. The average molecular weight is 383 g/mol. The van der Waals surface area contributed by atoms with Crippen molar-refractivity contribution in [2.45, 2.75) is 23.6 Å². The van der Waals surface area contributed by atoms with Crippen LogP contribution in [0.15, 0.2) is 59.5 Å². The van der Waals surface area contributed by atoms with Gasteiger partial charge in [0, 0.05) is 25.2 Å². The van der Waals surface area contributed by atoms with Crippen LogP contribution in [0.5, 0.6) is 0 Å². The minimum absolute atomic E-state index is 0. The second-order valence-corrected chi connectivity index (χ2v) is 7.76. The van der Waals surface area contributed by atoms with E-state index < -0.39 is 9.84 Å². The third kappa shape index (κ3) is 5.29. The molecule has 1 unspecified atom stereocenters. The fourth-order valence-electron chi connectivity index (χ4n) is 2.24. The van der Waals surface area contributed by atoms with Crippen molar-refractivity contribution < 1.29 is 13.2 Å². The molecule has 0 heterocycles. The molecule has 2 rings (SSSR count). The van der Waals surface area contributed by atoms with Gasteiger partial charge in [-0.15, -0.1) is 12.4 Å². The van der Waals surface area contributed by atoms with Gasteiger partial charge in [0.25, 0.3) is 5.91 Å². The molecular formula is C18H23ClN2O3S. The summed E-state index contributed by atoms with van der Waals surface area (Å²) in [6.07, 6.45) is 0. The molecule has 0 aromatic heterocycles. The number of amides is 1. The average Bonchev–Trinajstić information content (AvgIpc) is 2.60. The molecule has 7 heteroatoms. The van der Waals surface area contributed by atoms with E-state index >= 15 is 0 Å². The number of halogens is 1. The van der Waals surface area contributed by atoms with Crippen molar-refractivity contribution in [3.8, 4) is 0 Å². The highest BCUT2D eigenvalue weighted by molar-refractivity contribution is 7.90. The Morgan fingerprint density at radius 2 is 1.64 bits per heavy atom. The van der Waals surface area contributed by atoms with Gasteiger partial charge in [-0.2, -0.15) is 0 Å². The molecule has 0 aliphatic rings. The quantitative estimate of drug-likeness (QED) is 0.832. The van der Waals surface area contributed by atoms with Crippen molar-refractivity contribution in [3.63, 3.8) is 0 Å². The molecule has 5 nitrogen and oxygen atoms in total. The summed E-state index contributed by atoms with van der Waals surface area (Å²) < 4.78 is 24.9. The van der Waals surface area contributed by atoms with Crippen molar-refractivity contribution >= 4 is 28.2 Å². The Hall–Kier alpha value is -1.89. The maximum absolute atomic E-state index is 12.5. The van der Waals surface area contributed by atoms with Crippen LogP contribution in [0.4, 0.5) is 0 Å². The predicted molar refractivity (Wildman–Crippen MR) is 102 cm³/mol. The zero-order valence-electron chi connectivity index (χ0n) is 14.3. The van der Waals surface area contributed by atoms with Gasteiger partial charge in [0.2, 0.25) is 0 Å². The Bertz CT molecular complexity index is 793. The van der Waals surface area contributed by atoms with E-state index in [0.717, 1.165) is 5.56 Å². The smallest absolute Gasteiger partial charge is 0.253 e. The van der Waals surface area contributed by atoms with Crippen molar-refractivity contribution in [2.24, 2.45) is 5.73 Å². The van der Waals surface area contributed by atoms with Gasteiger partial charge in [-0.25, -0.2) is 8.42 Å². The second-order valence-electron chi connectivity index (χ2n) is 5.77. The van der Waals surface area contributed by atoms with Crippen LogP contribution in [0, 0.1) is 0 Å². The molecule has 0 saturated heterocycles. The molecule has 136 valence electrons. The van der Waals surface area contributed by atoms with E-state index in [1.165, 1.54) is 12.1 Å². The number of hydrogen-bond acceptors (Lipinski definition) is 4. The Kier molecular flexibility index (Phi) is 7.60. The Balaban J connectivity index is 0.00000312. The lowest BCUT2D eigenvalue weighted by atomic mass is 10.2. The van der Waals surface area contributed by atoms with Gasteiger partial charge in [0.15, 0.2) is 9.84 Å². The predicted octanol–water partition coefficient (Wildman–Crippen LogP) is 2.50. The zero-order valence-corrected chi connectivity index (χ0v) is 15.9. The van der Waals surface area contributed by atoms with E-state index in [0.29, 0.717) is 12.1 Å². The standard InChI is InChI=1S/C18H22N2O3S.ClH/c1-14(12-19)20(2)18(21)16-8-10-17(11-9-16)24(22,23)13-15-6-4-3-5-7-15;/h3-11,14H,12-13,19H2,1-2H3;1H. The molecule has 2 aromatic carbocycles. The monoisotopic (exact) mass is 382 g/mol. The molecule has 0 spiro atoms. The minimum Gasteiger partial charge on any atom is -0.338 e. The third-order valence-electron chi connectivity index (χ3n) is 3.98. The summed E-state index contributed by atoms with van der Waals surface area (Å²) in [6, 6.07) is 15.0. The summed E-state index contributed by atoms with van der Waals surface area (Å²) in [5, 5.41) is 0. The van der Waals surface area contributed by atoms with Crippen LogP contribution in [0.1, 0.15) is 22.8 Å². The number of sulfone groups is 1.